The Bertz CT molecular complexity index is 468. The number of carbonyl (C=O) groups is 1. The fourth-order valence-corrected chi connectivity index (χ4v) is 1.77. The molecule has 0 aliphatic carbocycles. The Morgan fingerprint density at radius 2 is 2.00 bits per heavy atom. The first-order valence-corrected chi connectivity index (χ1v) is 4.57. The minimum absolute atomic E-state index is 0.105. The molecule has 3 nitrogen and oxygen atoms in total. The lowest BCUT2D eigenvalue weighted by molar-refractivity contribution is -0.136. The first-order valence-electron chi connectivity index (χ1n) is 4.57. The van der Waals surface area contributed by atoms with E-state index in [1.165, 1.54) is 18.0 Å². The standard InChI is InChI=1S/C10H9F3N2O/c1-15-8-4-6(10(11,12)13)7(14)2-5(8)3-9(15)16/h2,4H,3,14H2,1H3. The van der Waals surface area contributed by atoms with Gasteiger partial charge in [0, 0.05) is 18.4 Å². The summed E-state index contributed by atoms with van der Waals surface area (Å²) < 4.78 is 37.7. The highest BCUT2D eigenvalue weighted by molar-refractivity contribution is 6.01. The van der Waals surface area contributed by atoms with Crippen molar-refractivity contribution >= 4 is 17.3 Å². The SMILES string of the molecule is CN1C(=O)Cc2cc(N)c(C(F)(F)F)cc21. The summed E-state index contributed by atoms with van der Waals surface area (Å²) in [5, 5.41) is 0. The molecule has 0 spiro atoms. The number of anilines is 2. The second kappa shape index (κ2) is 3.13. The Balaban J connectivity index is 2.59. The van der Waals surface area contributed by atoms with Gasteiger partial charge in [-0.15, -0.1) is 0 Å². The summed E-state index contributed by atoms with van der Waals surface area (Å²) in [6.07, 6.45) is -4.39. The van der Waals surface area contributed by atoms with Crippen LogP contribution in [0, 0.1) is 0 Å². The van der Waals surface area contributed by atoms with Gasteiger partial charge in [0.15, 0.2) is 0 Å². The number of nitrogen functional groups attached to an aromatic ring is 1. The number of nitrogens with zero attached hydrogens (tertiary/aromatic N) is 1. The summed E-state index contributed by atoms with van der Waals surface area (Å²) in [4.78, 5) is 12.5. The molecule has 0 radical (unpaired) electrons. The van der Waals surface area contributed by atoms with E-state index in [1.54, 1.807) is 0 Å². The van der Waals surface area contributed by atoms with Crippen LogP contribution in [0.5, 0.6) is 0 Å². The van der Waals surface area contributed by atoms with Crippen molar-refractivity contribution in [3.8, 4) is 0 Å². The maximum Gasteiger partial charge on any atom is 0.418 e. The van der Waals surface area contributed by atoms with Crippen molar-refractivity contribution in [2.75, 3.05) is 17.7 Å². The molecule has 2 rings (SSSR count). The average Bonchev–Trinajstić information content (AvgIpc) is 2.39. The molecular formula is C10H9F3N2O. The van der Waals surface area contributed by atoms with Gasteiger partial charge in [0.05, 0.1) is 12.0 Å². The first kappa shape index (κ1) is 10.8. The van der Waals surface area contributed by atoms with Crippen LogP contribution in [0.25, 0.3) is 0 Å². The van der Waals surface area contributed by atoms with Crippen molar-refractivity contribution in [2.24, 2.45) is 0 Å². The lowest BCUT2D eigenvalue weighted by atomic mass is 10.1. The highest BCUT2D eigenvalue weighted by atomic mass is 19.4. The summed E-state index contributed by atoms with van der Waals surface area (Å²) in [6, 6.07) is 2.15. The normalized spacial score (nSPS) is 15.5. The number of likely N-dealkylation sites (N-methyl/N-ethyl adjacent to an activating group) is 1. The number of nitrogens with two attached hydrogens (primary N) is 1. The number of benzene rings is 1. The van der Waals surface area contributed by atoms with Gasteiger partial charge in [0.1, 0.15) is 0 Å². The van der Waals surface area contributed by atoms with E-state index in [4.69, 9.17) is 5.73 Å². The van der Waals surface area contributed by atoms with E-state index in [0.29, 0.717) is 5.56 Å². The minimum atomic E-state index is -4.49. The first-order chi connectivity index (χ1) is 7.30. The average molecular weight is 230 g/mol. The van der Waals surface area contributed by atoms with Crippen molar-refractivity contribution < 1.29 is 18.0 Å². The van der Waals surface area contributed by atoms with Crippen LogP contribution >= 0.6 is 0 Å². The minimum Gasteiger partial charge on any atom is -0.398 e. The van der Waals surface area contributed by atoms with Crippen molar-refractivity contribution in [1.29, 1.82) is 0 Å². The summed E-state index contributed by atoms with van der Waals surface area (Å²) in [7, 11) is 1.45. The quantitative estimate of drug-likeness (QED) is 0.691. The third-order valence-corrected chi connectivity index (χ3v) is 2.63. The van der Waals surface area contributed by atoms with E-state index in [-0.39, 0.29) is 23.7 Å². The van der Waals surface area contributed by atoms with Crippen molar-refractivity contribution in [3.63, 3.8) is 0 Å². The molecule has 1 aromatic carbocycles. The molecule has 1 aliphatic heterocycles. The van der Waals surface area contributed by atoms with E-state index in [1.807, 2.05) is 0 Å². The Kier molecular flexibility index (Phi) is 2.11. The van der Waals surface area contributed by atoms with Crippen LogP contribution in [-0.2, 0) is 17.4 Å². The number of halogens is 3. The molecular weight excluding hydrogens is 221 g/mol. The number of hydrogen-bond donors (Lipinski definition) is 1. The lowest BCUT2D eigenvalue weighted by Gasteiger charge is -2.15. The van der Waals surface area contributed by atoms with Crippen LogP contribution in [0.4, 0.5) is 24.5 Å². The van der Waals surface area contributed by atoms with Crippen molar-refractivity contribution in [2.45, 2.75) is 12.6 Å². The summed E-state index contributed by atoms with van der Waals surface area (Å²) in [6.45, 7) is 0. The van der Waals surface area contributed by atoms with Crippen LogP contribution in [0.15, 0.2) is 12.1 Å². The van der Waals surface area contributed by atoms with Gasteiger partial charge in [-0.3, -0.25) is 4.79 Å². The molecule has 6 heteroatoms. The van der Waals surface area contributed by atoms with Crippen LogP contribution in [-0.4, -0.2) is 13.0 Å². The molecule has 16 heavy (non-hydrogen) atoms. The summed E-state index contributed by atoms with van der Waals surface area (Å²) in [5.41, 5.74) is 4.91. The third-order valence-electron chi connectivity index (χ3n) is 2.63. The van der Waals surface area contributed by atoms with E-state index in [0.717, 1.165) is 6.07 Å². The Hall–Kier alpha value is -1.72. The van der Waals surface area contributed by atoms with Gasteiger partial charge in [0.2, 0.25) is 5.91 Å². The molecule has 86 valence electrons. The van der Waals surface area contributed by atoms with Crippen molar-refractivity contribution in [1.82, 2.24) is 0 Å². The van der Waals surface area contributed by atoms with Crippen LogP contribution in [0.3, 0.4) is 0 Å². The smallest absolute Gasteiger partial charge is 0.398 e. The zero-order valence-corrected chi connectivity index (χ0v) is 8.43. The summed E-state index contributed by atoms with van der Waals surface area (Å²) in [5.74, 6) is -0.228. The Morgan fingerprint density at radius 1 is 1.38 bits per heavy atom. The zero-order chi connectivity index (χ0) is 12.1. The van der Waals surface area contributed by atoms with Gasteiger partial charge in [0.25, 0.3) is 0 Å². The van der Waals surface area contributed by atoms with Crippen LogP contribution in [0.1, 0.15) is 11.1 Å². The molecule has 1 amide bonds. The van der Waals surface area contributed by atoms with Gasteiger partial charge < -0.3 is 10.6 Å². The molecule has 0 saturated heterocycles. The van der Waals surface area contributed by atoms with Crippen molar-refractivity contribution in [3.05, 3.63) is 23.3 Å². The van der Waals surface area contributed by atoms with Gasteiger partial charge in [-0.05, 0) is 17.7 Å². The maximum atomic E-state index is 12.6. The maximum absolute atomic E-state index is 12.6. The molecule has 2 N–H and O–H groups in total. The number of amides is 1. The molecule has 0 unspecified atom stereocenters. The molecule has 1 heterocycles. The number of fused-ring (bicyclic) bond motifs is 1. The van der Waals surface area contributed by atoms with Gasteiger partial charge in [-0.2, -0.15) is 13.2 Å². The zero-order valence-electron chi connectivity index (χ0n) is 8.43. The second-order valence-electron chi connectivity index (χ2n) is 3.70. The monoisotopic (exact) mass is 230 g/mol. The van der Waals surface area contributed by atoms with Gasteiger partial charge in [-0.25, -0.2) is 0 Å². The fraction of sp³-hybridized carbons (Fsp3) is 0.300. The number of rotatable bonds is 0. The van der Waals surface area contributed by atoms with E-state index in [9.17, 15) is 18.0 Å². The highest BCUT2D eigenvalue weighted by Crippen LogP contribution is 2.39. The molecule has 1 aliphatic rings. The summed E-state index contributed by atoms with van der Waals surface area (Å²) >= 11 is 0. The topological polar surface area (TPSA) is 46.3 Å². The number of alkyl halides is 3. The largest absolute Gasteiger partial charge is 0.418 e. The fourth-order valence-electron chi connectivity index (χ4n) is 1.77. The number of carbonyl (C=O) groups excluding carboxylic acids is 1. The van der Waals surface area contributed by atoms with Crippen LogP contribution < -0.4 is 10.6 Å². The third kappa shape index (κ3) is 1.50. The number of hydrogen-bond acceptors (Lipinski definition) is 2. The second-order valence-corrected chi connectivity index (χ2v) is 3.70. The molecule has 0 saturated carbocycles. The van der Waals surface area contributed by atoms with Gasteiger partial charge in [-0.1, -0.05) is 0 Å². The lowest BCUT2D eigenvalue weighted by Crippen LogP contribution is -2.21. The molecule has 0 atom stereocenters. The van der Waals surface area contributed by atoms with Gasteiger partial charge >= 0.3 is 6.18 Å². The molecule has 0 fully saturated rings. The Labute approximate surface area is 89.6 Å². The van der Waals surface area contributed by atoms with Crippen LogP contribution in [0.2, 0.25) is 0 Å². The Morgan fingerprint density at radius 3 is 2.56 bits per heavy atom. The molecule has 1 aromatic rings. The molecule has 0 bridgehead atoms. The molecule has 0 aromatic heterocycles. The highest BCUT2D eigenvalue weighted by Gasteiger charge is 2.36. The van der Waals surface area contributed by atoms with E-state index < -0.39 is 11.7 Å². The predicted molar refractivity (Wildman–Crippen MR) is 53.0 cm³/mol. The predicted octanol–water partition coefficient (Wildman–Crippen LogP) is 1.81. The van der Waals surface area contributed by atoms with E-state index in [2.05, 4.69) is 0 Å². The van der Waals surface area contributed by atoms with E-state index >= 15 is 0 Å².